The number of halogens is 1. The van der Waals surface area contributed by atoms with Crippen molar-refractivity contribution in [1.82, 2.24) is 10.6 Å². The van der Waals surface area contributed by atoms with Gasteiger partial charge in [-0.2, -0.15) is 0 Å². The number of hydrogen-bond acceptors (Lipinski definition) is 10. The summed E-state index contributed by atoms with van der Waals surface area (Å²) in [6, 6.07) is 12.7. The van der Waals surface area contributed by atoms with Crippen LogP contribution < -0.4 is 10.6 Å². The summed E-state index contributed by atoms with van der Waals surface area (Å²) >= 11 is 2.11. The topological polar surface area (TPSA) is 170 Å². The highest BCUT2D eigenvalue weighted by Crippen LogP contribution is 2.45. The van der Waals surface area contributed by atoms with Gasteiger partial charge in [-0.3, -0.25) is 14.4 Å². The van der Waals surface area contributed by atoms with Gasteiger partial charge in [-0.05, 0) is 92.1 Å². The Balaban J connectivity index is 1.31. The number of amides is 2. The van der Waals surface area contributed by atoms with E-state index in [-0.39, 0.29) is 24.8 Å². The van der Waals surface area contributed by atoms with Crippen LogP contribution in [0.2, 0.25) is 0 Å². The minimum Gasteiger partial charge on any atom is -0.460 e. The number of rotatable bonds is 11. The van der Waals surface area contributed by atoms with Crippen LogP contribution in [0.15, 0.2) is 60.2 Å². The predicted octanol–water partition coefficient (Wildman–Crippen LogP) is 2.89. The summed E-state index contributed by atoms with van der Waals surface area (Å²) in [6.45, 7) is 6.09. The standard InChI is InChI=1S/C36H43IN2O10/c1-20(41)30(33(44)38-26(19-40)12-13-29(42)48-35(2,3)4)39-32(43)24-15-27(46-34(45)21-10-7-11-25(37)14-21)31-28(16-24)47-36(49-31)17-22-8-5-6-9-23(22)18-36/h5-11,14,16,20,26-28,30-31,40-41H,12-13,15,17-19H2,1-4H3,(H,38,44)(H,39,43). The van der Waals surface area contributed by atoms with Gasteiger partial charge in [0.2, 0.25) is 11.8 Å². The maximum absolute atomic E-state index is 13.7. The third kappa shape index (κ3) is 9.25. The normalized spacial score (nSPS) is 22.6. The maximum atomic E-state index is 13.7. The van der Waals surface area contributed by atoms with Crippen LogP contribution in [0.4, 0.5) is 0 Å². The Kier molecular flexibility index (Phi) is 11.5. The molecule has 1 heterocycles. The second kappa shape index (κ2) is 15.3. The number of ether oxygens (including phenoxy) is 4. The molecule has 12 nitrogen and oxygen atoms in total. The first-order chi connectivity index (χ1) is 23.1. The molecule has 2 amide bonds. The van der Waals surface area contributed by atoms with Gasteiger partial charge >= 0.3 is 11.9 Å². The summed E-state index contributed by atoms with van der Waals surface area (Å²) in [7, 11) is 0. The molecule has 0 saturated carbocycles. The van der Waals surface area contributed by atoms with E-state index < -0.39 is 78.2 Å². The van der Waals surface area contributed by atoms with Crippen LogP contribution in [0, 0.1) is 3.57 Å². The van der Waals surface area contributed by atoms with Gasteiger partial charge in [-0.15, -0.1) is 0 Å². The van der Waals surface area contributed by atoms with E-state index in [4.69, 9.17) is 18.9 Å². The van der Waals surface area contributed by atoms with E-state index in [0.29, 0.717) is 18.4 Å². The quantitative estimate of drug-likeness (QED) is 0.196. The maximum Gasteiger partial charge on any atom is 0.338 e. The van der Waals surface area contributed by atoms with Crippen molar-refractivity contribution >= 4 is 46.3 Å². The van der Waals surface area contributed by atoms with Crippen molar-refractivity contribution in [2.24, 2.45) is 0 Å². The van der Waals surface area contributed by atoms with Crippen molar-refractivity contribution in [3.05, 3.63) is 80.4 Å². The van der Waals surface area contributed by atoms with Crippen molar-refractivity contribution in [3.63, 3.8) is 0 Å². The van der Waals surface area contributed by atoms with Crippen LogP contribution in [-0.4, -0.2) is 88.5 Å². The number of aliphatic hydroxyl groups is 2. The molecular formula is C36H43IN2O10. The summed E-state index contributed by atoms with van der Waals surface area (Å²) in [6.07, 6.45) is -1.02. The van der Waals surface area contributed by atoms with Crippen molar-refractivity contribution in [2.75, 3.05) is 6.61 Å². The van der Waals surface area contributed by atoms with Crippen LogP contribution in [0.25, 0.3) is 0 Å². The lowest BCUT2D eigenvalue weighted by molar-refractivity contribution is -0.172. The van der Waals surface area contributed by atoms with Gasteiger partial charge in [0.15, 0.2) is 5.79 Å². The molecule has 49 heavy (non-hydrogen) atoms. The fourth-order valence-electron chi connectivity index (χ4n) is 6.31. The van der Waals surface area contributed by atoms with Gasteiger partial charge in [-0.25, -0.2) is 4.79 Å². The van der Waals surface area contributed by atoms with Crippen molar-refractivity contribution in [1.29, 1.82) is 0 Å². The number of aliphatic hydroxyl groups excluding tert-OH is 2. The lowest BCUT2D eigenvalue weighted by Gasteiger charge is -2.31. The lowest BCUT2D eigenvalue weighted by atomic mass is 9.91. The minimum absolute atomic E-state index is 0.0294. The van der Waals surface area contributed by atoms with Gasteiger partial charge in [0, 0.05) is 34.8 Å². The van der Waals surface area contributed by atoms with Gasteiger partial charge in [0.25, 0.3) is 0 Å². The van der Waals surface area contributed by atoms with E-state index in [1.807, 2.05) is 30.3 Å². The first-order valence-corrected chi connectivity index (χ1v) is 17.4. The highest BCUT2D eigenvalue weighted by atomic mass is 127. The average Bonchev–Trinajstić information content (AvgIpc) is 3.58. The van der Waals surface area contributed by atoms with Gasteiger partial charge < -0.3 is 39.8 Å². The highest BCUT2D eigenvalue weighted by Gasteiger charge is 2.55. The number of fused-ring (bicyclic) bond motifs is 2. The van der Waals surface area contributed by atoms with Crippen LogP contribution in [0.1, 0.15) is 68.4 Å². The minimum atomic E-state index is -1.40. The van der Waals surface area contributed by atoms with Crippen LogP contribution in [-0.2, 0) is 46.2 Å². The molecule has 6 unspecified atom stereocenters. The molecule has 1 saturated heterocycles. The van der Waals surface area contributed by atoms with Gasteiger partial charge in [0.05, 0.1) is 24.3 Å². The van der Waals surface area contributed by atoms with E-state index in [1.54, 1.807) is 45.0 Å². The highest BCUT2D eigenvalue weighted by molar-refractivity contribution is 14.1. The van der Waals surface area contributed by atoms with Crippen molar-refractivity contribution in [2.45, 2.75) is 108 Å². The summed E-state index contributed by atoms with van der Waals surface area (Å²) in [5.41, 5.74) is 2.05. The lowest BCUT2D eigenvalue weighted by Crippen LogP contribution is -2.55. The first-order valence-electron chi connectivity index (χ1n) is 16.4. The van der Waals surface area contributed by atoms with Gasteiger partial charge in [0.1, 0.15) is 30.0 Å². The molecule has 0 bridgehead atoms. The zero-order valence-corrected chi connectivity index (χ0v) is 30.1. The Morgan fingerprint density at radius 2 is 1.73 bits per heavy atom. The Morgan fingerprint density at radius 3 is 2.35 bits per heavy atom. The largest absolute Gasteiger partial charge is 0.460 e. The average molecular weight is 791 g/mol. The fraction of sp³-hybridized carbons (Fsp3) is 0.500. The molecule has 13 heteroatoms. The summed E-state index contributed by atoms with van der Waals surface area (Å²) in [4.78, 5) is 52.4. The molecule has 6 atom stereocenters. The van der Waals surface area contributed by atoms with E-state index in [1.165, 1.54) is 6.92 Å². The zero-order chi connectivity index (χ0) is 35.5. The Bertz CT molecular complexity index is 1580. The third-order valence-electron chi connectivity index (χ3n) is 8.56. The van der Waals surface area contributed by atoms with Gasteiger partial charge in [-0.1, -0.05) is 30.3 Å². The number of nitrogens with one attached hydrogen (secondary N) is 2. The third-order valence-corrected chi connectivity index (χ3v) is 9.23. The molecule has 1 spiro atoms. The van der Waals surface area contributed by atoms with E-state index in [0.717, 1.165) is 14.7 Å². The molecule has 264 valence electrons. The molecular weight excluding hydrogens is 747 g/mol. The molecule has 0 aromatic heterocycles. The van der Waals surface area contributed by atoms with Crippen LogP contribution in [0.3, 0.4) is 0 Å². The second-order valence-corrected chi connectivity index (χ2v) is 15.0. The molecule has 1 fully saturated rings. The Hall–Kier alpha value is -3.37. The molecule has 1 aliphatic heterocycles. The number of carbonyl (C=O) groups excluding carboxylic acids is 4. The summed E-state index contributed by atoms with van der Waals surface area (Å²) < 4.78 is 25.2. The summed E-state index contributed by atoms with van der Waals surface area (Å²) in [5.74, 6) is -3.46. The first kappa shape index (κ1) is 36.9. The molecule has 4 N–H and O–H groups in total. The monoisotopic (exact) mass is 790 g/mol. The fourth-order valence-corrected chi connectivity index (χ4v) is 6.85. The molecule has 2 aromatic carbocycles. The Labute approximate surface area is 299 Å². The van der Waals surface area contributed by atoms with Crippen molar-refractivity contribution in [3.8, 4) is 0 Å². The predicted molar refractivity (Wildman–Crippen MR) is 185 cm³/mol. The van der Waals surface area contributed by atoms with Crippen LogP contribution >= 0.6 is 22.6 Å². The number of carbonyl (C=O) groups is 4. The number of hydrogen-bond donors (Lipinski definition) is 4. The second-order valence-electron chi connectivity index (χ2n) is 13.8. The molecule has 2 aromatic rings. The smallest absolute Gasteiger partial charge is 0.338 e. The Morgan fingerprint density at radius 1 is 1.04 bits per heavy atom. The number of benzene rings is 2. The molecule has 5 rings (SSSR count). The van der Waals surface area contributed by atoms with Crippen molar-refractivity contribution < 1.29 is 48.3 Å². The molecule has 0 radical (unpaired) electrons. The summed E-state index contributed by atoms with van der Waals surface area (Å²) in [5, 5.41) is 25.6. The van der Waals surface area contributed by atoms with E-state index in [9.17, 15) is 29.4 Å². The van der Waals surface area contributed by atoms with Crippen LogP contribution in [0.5, 0.6) is 0 Å². The zero-order valence-electron chi connectivity index (χ0n) is 27.9. The van der Waals surface area contributed by atoms with E-state index in [2.05, 4.69) is 33.2 Å². The molecule has 2 aliphatic carbocycles. The number of esters is 2. The molecule has 3 aliphatic rings. The van der Waals surface area contributed by atoms with E-state index >= 15 is 0 Å². The SMILES string of the molecule is CC(O)C(NC(=O)C1=CC2OC3(Cc4ccccc4C3)OC2C(OC(=O)c2cccc(I)c2)C1)C(=O)NC(CO)CCC(=O)OC(C)(C)C.